The Bertz CT molecular complexity index is 1970. The van der Waals surface area contributed by atoms with Crippen molar-refractivity contribution < 1.29 is 19.1 Å². The van der Waals surface area contributed by atoms with Crippen molar-refractivity contribution in [3.63, 3.8) is 0 Å². The lowest BCUT2D eigenvalue weighted by Crippen LogP contribution is -2.09. The van der Waals surface area contributed by atoms with E-state index in [2.05, 4.69) is 4.98 Å². The number of nitrogens with zero attached hydrogens (tertiary/aromatic N) is 1. The van der Waals surface area contributed by atoms with Gasteiger partial charge in [0.05, 0.1) is 18.4 Å². The molecular weight excluding hydrogens is 536 g/mol. The first-order chi connectivity index (χ1) is 20.9. The number of anilines is 1. The molecule has 1 fully saturated rings. The van der Waals surface area contributed by atoms with Gasteiger partial charge in [-0.3, -0.25) is 14.6 Å². The number of hydrogen-bond donors (Lipinski definition) is 1. The van der Waals surface area contributed by atoms with E-state index >= 15 is 0 Å². The highest BCUT2D eigenvalue weighted by Gasteiger charge is 2.28. The van der Waals surface area contributed by atoms with Gasteiger partial charge < -0.3 is 10.5 Å². The molecule has 3 aliphatic rings. The molecule has 6 nitrogen and oxygen atoms in total. The fourth-order valence-electron chi connectivity index (χ4n) is 6.00. The van der Waals surface area contributed by atoms with Gasteiger partial charge in [-0.25, -0.2) is 4.79 Å². The molecule has 0 radical (unpaired) electrons. The summed E-state index contributed by atoms with van der Waals surface area (Å²) in [6, 6.07) is 28.6. The standard InChI is InChI=1S/C24H19NO3.C13H9NO/c1-28-24(27)21-12-16(15-7-8-15)13-25-22(21)11-14-6-9-18-17-4-2-3-5-19(17)23(26)20(18)10-14;14-8-5-6-10-9-3-1-2-4-11(9)13(15)12(10)7-8/h2-6,9-10,12-13,15H,7-8,11H2,1H3;1-7H,14H2. The highest BCUT2D eigenvalue weighted by Crippen LogP contribution is 2.41. The Balaban J connectivity index is 0.000000168. The van der Waals surface area contributed by atoms with Crippen LogP contribution in [0.15, 0.2) is 97.2 Å². The summed E-state index contributed by atoms with van der Waals surface area (Å²) in [6.07, 6.45) is 4.64. The first-order valence-electron chi connectivity index (χ1n) is 14.3. The number of rotatable bonds is 4. The van der Waals surface area contributed by atoms with Crippen molar-refractivity contribution in [3.8, 4) is 22.3 Å². The molecular formula is C37H28N2O4. The first kappa shape index (κ1) is 26.5. The summed E-state index contributed by atoms with van der Waals surface area (Å²) in [5.41, 5.74) is 16.5. The maximum absolute atomic E-state index is 12.8. The number of aromatic nitrogens is 1. The summed E-state index contributed by atoms with van der Waals surface area (Å²) < 4.78 is 4.97. The van der Waals surface area contributed by atoms with Crippen molar-refractivity contribution in [2.24, 2.45) is 0 Å². The quantitative estimate of drug-likeness (QED) is 0.182. The van der Waals surface area contributed by atoms with Crippen molar-refractivity contribution >= 4 is 23.2 Å². The number of pyridine rings is 1. The molecule has 4 aromatic carbocycles. The average molecular weight is 565 g/mol. The van der Waals surface area contributed by atoms with Crippen molar-refractivity contribution in [2.45, 2.75) is 25.2 Å². The third-order valence-corrected chi connectivity index (χ3v) is 8.36. The smallest absolute Gasteiger partial charge is 0.339 e. The monoisotopic (exact) mass is 564 g/mol. The molecule has 0 saturated heterocycles. The fraction of sp³-hybridized carbons (Fsp3) is 0.135. The molecule has 0 atom stereocenters. The largest absolute Gasteiger partial charge is 0.465 e. The van der Waals surface area contributed by atoms with E-state index in [0.29, 0.717) is 34.8 Å². The van der Waals surface area contributed by atoms with E-state index in [-0.39, 0.29) is 17.5 Å². The predicted molar refractivity (Wildman–Crippen MR) is 165 cm³/mol. The van der Waals surface area contributed by atoms with Gasteiger partial charge in [-0.1, -0.05) is 66.7 Å². The van der Waals surface area contributed by atoms with Crippen LogP contribution in [0.3, 0.4) is 0 Å². The van der Waals surface area contributed by atoms with E-state index in [1.54, 1.807) is 6.07 Å². The summed E-state index contributed by atoms with van der Waals surface area (Å²) in [5.74, 6) is 0.279. The first-order valence-corrected chi connectivity index (χ1v) is 14.3. The number of methoxy groups -OCH3 is 1. The molecule has 3 aliphatic carbocycles. The minimum absolute atomic E-state index is 0.0534. The predicted octanol–water partition coefficient (Wildman–Crippen LogP) is 7.03. The molecule has 1 aromatic heterocycles. The number of ketones is 2. The molecule has 2 N–H and O–H groups in total. The SMILES string of the molecule is COC(=O)c1cc(C2CC2)cnc1Cc1ccc2c(c1)C(=O)c1ccccc1-2.Nc1ccc2c(c1)C(=O)c1ccccc1-2. The van der Waals surface area contributed by atoms with Crippen LogP contribution in [0.1, 0.15) is 77.8 Å². The van der Waals surface area contributed by atoms with E-state index in [1.165, 1.54) is 7.11 Å². The Morgan fingerprint density at radius 3 is 1.91 bits per heavy atom. The van der Waals surface area contributed by atoms with Crippen LogP contribution in [0.2, 0.25) is 0 Å². The Morgan fingerprint density at radius 1 is 0.744 bits per heavy atom. The molecule has 1 heterocycles. The van der Waals surface area contributed by atoms with Crippen LogP contribution in [0.25, 0.3) is 22.3 Å². The van der Waals surface area contributed by atoms with Crippen LogP contribution in [0.5, 0.6) is 0 Å². The number of esters is 1. The number of fused-ring (bicyclic) bond motifs is 6. The van der Waals surface area contributed by atoms with Crippen molar-refractivity contribution in [1.29, 1.82) is 0 Å². The van der Waals surface area contributed by atoms with Gasteiger partial charge in [-0.2, -0.15) is 0 Å². The van der Waals surface area contributed by atoms with Gasteiger partial charge in [-0.05, 0) is 76.4 Å². The van der Waals surface area contributed by atoms with Crippen LogP contribution < -0.4 is 5.73 Å². The molecule has 8 rings (SSSR count). The summed E-state index contributed by atoms with van der Waals surface area (Å²) in [6.45, 7) is 0. The normalized spacial score (nSPS) is 13.8. The van der Waals surface area contributed by atoms with E-state index in [1.807, 2.05) is 91.1 Å². The average Bonchev–Trinajstić information content (AvgIpc) is 3.81. The zero-order chi connectivity index (χ0) is 29.7. The van der Waals surface area contributed by atoms with Crippen LogP contribution in [0, 0.1) is 0 Å². The van der Waals surface area contributed by atoms with Crippen LogP contribution >= 0.6 is 0 Å². The van der Waals surface area contributed by atoms with Crippen LogP contribution in [0.4, 0.5) is 5.69 Å². The molecule has 5 aromatic rings. The molecule has 0 unspecified atom stereocenters. The zero-order valence-electron chi connectivity index (χ0n) is 23.6. The van der Waals surface area contributed by atoms with Gasteiger partial charge in [0, 0.05) is 40.6 Å². The summed E-state index contributed by atoms with van der Waals surface area (Å²) in [4.78, 5) is 41.6. The molecule has 6 heteroatoms. The maximum Gasteiger partial charge on any atom is 0.339 e. The molecule has 1 saturated carbocycles. The van der Waals surface area contributed by atoms with Crippen molar-refractivity contribution in [3.05, 3.63) is 142 Å². The second-order valence-electron chi connectivity index (χ2n) is 11.1. The maximum atomic E-state index is 12.8. The number of benzene rings is 4. The van der Waals surface area contributed by atoms with E-state index in [4.69, 9.17) is 10.5 Å². The molecule has 43 heavy (non-hydrogen) atoms. The Hall–Kier alpha value is -5.36. The van der Waals surface area contributed by atoms with Gasteiger partial charge >= 0.3 is 5.97 Å². The van der Waals surface area contributed by atoms with Crippen molar-refractivity contribution in [2.75, 3.05) is 12.8 Å². The number of carbonyl (C=O) groups excluding carboxylic acids is 3. The Labute approximate surface area is 249 Å². The summed E-state index contributed by atoms with van der Waals surface area (Å²) in [5, 5.41) is 0. The number of ether oxygens (including phenoxy) is 1. The Kier molecular flexibility index (Phi) is 6.47. The number of nitrogen functional groups attached to an aromatic ring is 1. The second-order valence-corrected chi connectivity index (χ2v) is 11.1. The lowest BCUT2D eigenvalue weighted by Gasteiger charge is -2.10. The van der Waals surface area contributed by atoms with Gasteiger partial charge in [0.15, 0.2) is 11.6 Å². The number of nitrogens with two attached hydrogens (primary N) is 1. The summed E-state index contributed by atoms with van der Waals surface area (Å²) >= 11 is 0. The molecule has 0 amide bonds. The van der Waals surface area contributed by atoms with Crippen LogP contribution in [-0.4, -0.2) is 29.6 Å². The fourth-order valence-corrected chi connectivity index (χ4v) is 6.00. The van der Waals surface area contributed by atoms with Crippen molar-refractivity contribution in [1.82, 2.24) is 4.98 Å². The van der Waals surface area contributed by atoms with Gasteiger partial charge in [0.1, 0.15) is 0 Å². The number of carbonyl (C=O) groups is 3. The highest BCUT2D eigenvalue weighted by molar-refractivity contribution is 6.22. The molecule has 0 aliphatic heterocycles. The van der Waals surface area contributed by atoms with E-state index in [0.717, 1.165) is 62.9 Å². The lowest BCUT2D eigenvalue weighted by molar-refractivity contribution is 0.0598. The van der Waals surface area contributed by atoms with Crippen LogP contribution in [-0.2, 0) is 11.2 Å². The summed E-state index contributed by atoms with van der Waals surface area (Å²) in [7, 11) is 1.39. The third kappa shape index (κ3) is 4.71. The third-order valence-electron chi connectivity index (χ3n) is 8.36. The Morgan fingerprint density at radius 2 is 1.30 bits per heavy atom. The lowest BCUT2D eigenvalue weighted by atomic mass is 9.98. The van der Waals surface area contributed by atoms with E-state index in [9.17, 15) is 14.4 Å². The molecule has 0 bridgehead atoms. The minimum Gasteiger partial charge on any atom is -0.465 e. The molecule has 0 spiro atoms. The minimum atomic E-state index is -0.366. The zero-order valence-corrected chi connectivity index (χ0v) is 23.6. The van der Waals surface area contributed by atoms with E-state index < -0.39 is 0 Å². The topological polar surface area (TPSA) is 99.3 Å². The molecule has 210 valence electrons. The number of hydrogen-bond acceptors (Lipinski definition) is 6. The van der Waals surface area contributed by atoms with Gasteiger partial charge in [0.2, 0.25) is 0 Å². The highest BCUT2D eigenvalue weighted by atomic mass is 16.5. The second kappa shape index (κ2) is 10.5. The van der Waals surface area contributed by atoms with Gasteiger partial charge in [0.25, 0.3) is 0 Å². The van der Waals surface area contributed by atoms with Gasteiger partial charge in [-0.15, -0.1) is 0 Å².